The first kappa shape index (κ1) is 18.7. The van der Waals surface area contributed by atoms with Gasteiger partial charge in [-0.3, -0.25) is 14.3 Å². The van der Waals surface area contributed by atoms with Crippen LogP contribution in [0.2, 0.25) is 0 Å². The second-order valence-electron chi connectivity index (χ2n) is 7.36. The van der Waals surface area contributed by atoms with Crippen LogP contribution in [-0.4, -0.2) is 64.2 Å². The Morgan fingerprint density at radius 3 is 2.68 bits per heavy atom. The Hall–Kier alpha value is -2.61. The Morgan fingerprint density at radius 2 is 1.96 bits per heavy atom. The molecule has 1 fully saturated rings. The third-order valence-corrected chi connectivity index (χ3v) is 5.64. The molecular formula is C20H26N4O4. The maximum Gasteiger partial charge on any atom is 0.257 e. The summed E-state index contributed by atoms with van der Waals surface area (Å²) in [5.74, 6) is 0.759. The number of rotatable bonds is 4. The van der Waals surface area contributed by atoms with Crippen molar-refractivity contribution in [1.29, 1.82) is 0 Å². The first-order valence-electron chi connectivity index (χ1n) is 9.77. The monoisotopic (exact) mass is 386 g/mol. The first-order valence-corrected chi connectivity index (χ1v) is 9.77. The Labute approximate surface area is 164 Å². The van der Waals surface area contributed by atoms with Crippen LogP contribution in [0.4, 0.5) is 0 Å². The number of aromatic nitrogens is 2. The Bertz CT molecular complexity index is 879. The largest absolute Gasteiger partial charge is 0.469 e. The van der Waals surface area contributed by atoms with E-state index in [0.29, 0.717) is 63.6 Å². The molecule has 0 aliphatic carbocycles. The van der Waals surface area contributed by atoms with Gasteiger partial charge in [-0.15, -0.1) is 0 Å². The Balaban J connectivity index is 1.46. The highest BCUT2D eigenvalue weighted by atomic mass is 16.5. The minimum absolute atomic E-state index is 0.0175. The van der Waals surface area contributed by atoms with E-state index in [-0.39, 0.29) is 11.8 Å². The van der Waals surface area contributed by atoms with Gasteiger partial charge in [0.1, 0.15) is 5.76 Å². The molecule has 0 aromatic carbocycles. The lowest BCUT2D eigenvalue weighted by molar-refractivity contribution is -0.135. The summed E-state index contributed by atoms with van der Waals surface area (Å²) < 4.78 is 12.5. The summed E-state index contributed by atoms with van der Waals surface area (Å²) in [4.78, 5) is 29.0. The van der Waals surface area contributed by atoms with Gasteiger partial charge in [0, 0.05) is 63.7 Å². The Morgan fingerprint density at radius 1 is 1.18 bits per heavy atom. The molecule has 0 atom stereocenters. The maximum absolute atomic E-state index is 12.8. The van der Waals surface area contributed by atoms with Crippen molar-refractivity contribution in [2.24, 2.45) is 7.05 Å². The lowest BCUT2D eigenvalue weighted by Gasteiger charge is -2.28. The average Bonchev–Trinajstić information content (AvgIpc) is 3.29. The molecule has 0 bridgehead atoms. The molecule has 0 N–H and O–H groups in total. The van der Waals surface area contributed by atoms with Crippen LogP contribution in [0.15, 0.2) is 16.7 Å². The van der Waals surface area contributed by atoms with Gasteiger partial charge in [-0.1, -0.05) is 0 Å². The van der Waals surface area contributed by atoms with Crippen LogP contribution in [0.5, 0.6) is 0 Å². The smallest absolute Gasteiger partial charge is 0.257 e. The summed E-state index contributed by atoms with van der Waals surface area (Å²) in [6.45, 7) is 5.51. The standard InChI is InChI=1S/C20H26N4O4/c1-14-15(6-10-28-14)20(26)24-7-5-18-16(13-24)17(21-22(18)2)3-4-19(25)23-8-11-27-12-9-23/h6,10H,3-5,7-9,11-13H2,1-2H3. The predicted molar refractivity (Wildman–Crippen MR) is 101 cm³/mol. The molecule has 4 rings (SSSR count). The minimum Gasteiger partial charge on any atom is -0.469 e. The molecule has 2 amide bonds. The number of carbonyl (C=O) groups excluding carboxylic acids is 2. The van der Waals surface area contributed by atoms with Crippen LogP contribution in [0.25, 0.3) is 0 Å². The fraction of sp³-hybridized carbons (Fsp3) is 0.550. The lowest BCUT2D eigenvalue weighted by Crippen LogP contribution is -2.40. The van der Waals surface area contributed by atoms with Crippen molar-refractivity contribution in [1.82, 2.24) is 19.6 Å². The molecule has 2 aromatic rings. The third kappa shape index (κ3) is 3.56. The zero-order valence-corrected chi connectivity index (χ0v) is 16.4. The molecular weight excluding hydrogens is 360 g/mol. The predicted octanol–water partition coefficient (Wildman–Crippen LogP) is 1.31. The van der Waals surface area contributed by atoms with Crippen molar-refractivity contribution < 1.29 is 18.7 Å². The summed E-state index contributed by atoms with van der Waals surface area (Å²) in [7, 11) is 1.93. The van der Waals surface area contributed by atoms with Gasteiger partial charge < -0.3 is 19.0 Å². The van der Waals surface area contributed by atoms with Crippen molar-refractivity contribution in [3.05, 3.63) is 40.6 Å². The average molecular weight is 386 g/mol. The molecule has 2 aliphatic heterocycles. The summed E-state index contributed by atoms with van der Waals surface area (Å²) in [5, 5.41) is 4.65. The van der Waals surface area contributed by atoms with Gasteiger partial charge in [0.05, 0.1) is 30.7 Å². The number of ether oxygens (including phenoxy) is 1. The van der Waals surface area contributed by atoms with Crippen molar-refractivity contribution >= 4 is 11.8 Å². The topological polar surface area (TPSA) is 80.8 Å². The first-order chi connectivity index (χ1) is 13.5. The van der Waals surface area contributed by atoms with E-state index in [9.17, 15) is 9.59 Å². The summed E-state index contributed by atoms with van der Waals surface area (Å²) in [6, 6.07) is 1.72. The number of fused-ring (bicyclic) bond motifs is 1. The maximum atomic E-state index is 12.8. The van der Waals surface area contributed by atoms with Gasteiger partial charge in [-0.2, -0.15) is 5.10 Å². The Kier molecular flexibility index (Phi) is 5.21. The highest BCUT2D eigenvalue weighted by Crippen LogP contribution is 2.25. The number of nitrogens with zero attached hydrogens (tertiary/aromatic N) is 4. The van der Waals surface area contributed by atoms with E-state index >= 15 is 0 Å². The van der Waals surface area contributed by atoms with Gasteiger partial charge in [-0.05, 0) is 13.0 Å². The summed E-state index contributed by atoms with van der Waals surface area (Å²) in [5.41, 5.74) is 3.76. The van der Waals surface area contributed by atoms with Gasteiger partial charge in [0.25, 0.3) is 5.91 Å². The van der Waals surface area contributed by atoms with E-state index in [1.165, 1.54) is 0 Å². The van der Waals surface area contributed by atoms with Crippen molar-refractivity contribution in [3.63, 3.8) is 0 Å². The van der Waals surface area contributed by atoms with Crippen LogP contribution >= 0.6 is 0 Å². The number of aryl methyl sites for hydroxylation is 3. The zero-order chi connectivity index (χ0) is 19.7. The number of carbonyl (C=O) groups is 2. The van der Waals surface area contributed by atoms with Crippen molar-refractivity contribution in [2.75, 3.05) is 32.8 Å². The fourth-order valence-electron chi connectivity index (χ4n) is 4.02. The molecule has 0 unspecified atom stereocenters. The van der Waals surface area contributed by atoms with Gasteiger partial charge in [-0.25, -0.2) is 0 Å². The van der Waals surface area contributed by atoms with Crippen LogP contribution in [-0.2, 0) is 36.0 Å². The van der Waals surface area contributed by atoms with Gasteiger partial charge in [0.15, 0.2) is 0 Å². The molecule has 150 valence electrons. The molecule has 8 heteroatoms. The number of hydrogen-bond acceptors (Lipinski definition) is 5. The minimum atomic E-state index is -0.0175. The van der Waals surface area contributed by atoms with E-state index in [0.717, 1.165) is 23.4 Å². The normalized spacial score (nSPS) is 16.9. The molecule has 2 aromatic heterocycles. The molecule has 4 heterocycles. The lowest BCUT2D eigenvalue weighted by atomic mass is 10.0. The molecule has 0 saturated carbocycles. The van der Waals surface area contributed by atoms with E-state index < -0.39 is 0 Å². The zero-order valence-electron chi connectivity index (χ0n) is 16.4. The molecule has 1 saturated heterocycles. The molecule has 2 aliphatic rings. The summed E-state index contributed by atoms with van der Waals surface area (Å²) >= 11 is 0. The quantitative estimate of drug-likeness (QED) is 0.792. The van der Waals surface area contributed by atoms with Crippen LogP contribution in [0.3, 0.4) is 0 Å². The van der Waals surface area contributed by atoms with Crippen molar-refractivity contribution in [3.8, 4) is 0 Å². The highest BCUT2D eigenvalue weighted by Gasteiger charge is 2.29. The number of hydrogen-bond donors (Lipinski definition) is 0. The fourth-order valence-corrected chi connectivity index (χ4v) is 4.02. The highest BCUT2D eigenvalue weighted by molar-refractivity contribution is 5.95. The third-order valence-electron chi connectivity index (χ3n) is 5.64. The van der Waals surface area contributed by atoms with Gasteiger partial charge >= 0.3 is 0 Å². The van der Waals surface area contributed by atoms with Gasteiger partial charge in [0.2, 0.25) is 5.91 Å². The van der Waals surface area contributed by atoms with E-state index in [1.807, 2.05) is 21.5 Å². The number of furan rings is 1. The van der Waals surface area contributed by atoms with E-state index in [4.69, 9.17) is 9.15 Å². The van der Waals surface area contributed by atoms with Crippen molar-refractivity contribution in [2.45, 2.75) is 32.7 Å². The molecule has 8 nitrogen and oxygen atoms in total. The van der Waals surface area contributed by atoms with E-state index in [1.54, 1.807) is 19.3 Å². The molecule has 28 heavy (non-hydrogen) atoms. The van der Waals surface area contributed by atoms with Crippen LogP contribution < -0.4 is 0 Å². The second kappa shape index (κ2) is 7.79. The second-order valence-corrected chi connectivity index (χ2v) is 7.36. The number of morpholine rings is 1. The number of amides is 2. The summed E-state index contributed by atoms with van der Waals surface area (Å²) in [6.07, 6.45) is 3.33. The SMILES string of the molecule is Cc1occc1C(=O)N1CCc2c(c(CCC(=O)N3CCOCC3)nn2C)C1. The van der Waals surface area contributed by atoms with Crippen LogP contribution in [0.1, 0.15) is 39.5 Å². The van der Waals surface area contributed by atoms with Crippen LogP contribution in [0, 0.1) is 6.92 Å². The molecule has 0 spiro atoms. The van der Waals surface area contributed by atoms with E-state index in [2.05, 4.69) is 5.10 Å². The molecule has 0 radical (unpaired) electrons.